The Morgan fingerprint density at radius 1 is 1.50 bits per heavy atom. The molecule has 0 saturated carbocycles. The number of hydrogen-bond donors (Lipinski definition) is 4. The average Bonchev–Trinajstić information content (AvgIpc) is 2.34. The molecule has 1 aliphatic rings. The largest absolute Gasteiger partial charge is 0.374 e. The van der Waals surface area contributed by atoms with Gasteiger partial charge in [-0.05, 0) is 26.3 Å². The molecule has 0 bridgehead atoms. The number of hydroxylamine groups is 1. The summed E-state index contributed by atoms with van der Waals surface area (Å²) >= 11 is 0. The lowest BCUT2D eigenvalue weighted by Gasteiger charge is -2.27. The fraction of sp³-hybridized carbons (Fsp3) is 0.818. The third kappa shape index (κ3) is 4.59. The Hall–Kier alpha value is -0.460. The molecule has 1 aliphatic carbocycles. The number of rotatable bonds is 7. The van der Waals surface area contributed by atoms with Gasteiger partial charge in [0.15, 0.2) is 0 Å². The summed E-state index contributed by atoms with van der Waals surface area (Å²) in [6, 6.07) is 0. The van der Waals surface area contributed by atoms with Crippen LogP contribution >= 0.6 is 0 Å². The van der Waals surface area contributed by atoms with Crippen molar-refractivity contribution in [3.05, 3.63) is 12.2 Å². The molecule has 0 amide bonds. The van der Waals surface area contributed by atoms with Crippen molar-refractivity contribution in [3.8, 4) is 0 Å². The van der Waals surface area contributed by atoms with E-state index in [1.165, 1.54) is 0 Å². The van der Waals surface area contributed by atoms with Crippen molar-refractivity contribution < 1.29 is 9.94 Å². The van der Waals surface area contributed by atoms with E-state index < -0.39 is 0 Å². The number of hydrogen-bond acceptors (Lipinski definition) is 5. The number of nitrogens with two attached hydrogens (primary N) is 1. The Morgan fingerprint density at radius 2 is 2.31 bits per heavy atom. The van der Waals surface area contributed by atoms with Gasteiger partial charge in [0.2, 0.25) is 0 Å². The lowest BCUT2D eigenvalue weighted by molar-refractivity contribution is 0.0608. The lowest BCUT2D eigenvalue weighted by atomic mass is 9.92. The van der Waals surface area contributed by atoms with Gasteiger partial charge in [0.05, 0.1) is 12.3 Å². The molecule has 5 heteroatoms. The highest BCUT2D eigenvalue weighted by Gasteiger charge is 2.19. The van der Waals surface area contributed by atoms with Crippen LogP contribution in [-0.2, 0) is 4.74 Å². The molecule has 3 unspecified atom stereocenters. The van der Waals surface area contributed by atoms with E-state index in [0.29, 0.717) is 19.1 Å². The Kier molecular flexibility index (Phi) is 6.59. The summed E-state index contributed by atoms with van der Waals surface area (Å²) in [5.41, 5.74) is 8.01. The first-order valence-electron chi connectivity index (χ1n) is 5.87. The zero-order valence-electron chi connectivity index (χ0n) is 9.86. The molecule has 5 nitrogen and oxygen atoms in total. The predicted molar refractivity (Wildman–Crippen MR) is 63.0 cm³/mol. The van der Waals surface area contributed by atoms with Crippen molar-refractivity contribution in [1.29, 1.82) is 0 Å². The second-order valence-corrected chi connectivity index (χ2v) is 4.11. The Morgan fingerprint density at radius 3 is 2.88 bits per heavy atom. The maximum Gasteiger partial charge on any atom is 0.0756 e. The molecule has 5 N–H and O–H groups in total. The van der Waals surface area contributed by atoms with Gasteiger partial charge >= 0.3 is 0 Å². The van der Waals surface area contributed by atoms with Gasteiger partial charge in [-0.3, -0.25) is 0 Å². The van der Waals surface area contributed by atoms with E-state index in [1.54, 1.807) is 0 Å². The van der Waals surface area contributed by atoms with Gasteiger partial charge in [0, 0.05) is 19.1 Å². The van der Waals surface area contributed by atoms with Crippen molar-refractivity contribution in [3.63, 3.8) is 0 Å². The molecule has 0 aromatic carbocycles. The third-order valence-corrected chi connectivity index (χ3v) is 2.92. The molecule has 0 aromatic rings. The second kappa shape index (κ2) is 7.76. The van der Waals surface area contributed by atoms with Crippen molar-refractivity contribution in [2.45, 2.75) is 31.5 Å². The summed E-state index contributed by atoms with van der Waals surface area (Å²) in [7, 11) is 1.88. The van der Waals surface area contributed by atoms with Crippen LogP contribution in [0.1, 0.15) is 19.3 Å². The molecule has 94 valence electrons. The summed E-state index contributed by atoms with van der Waals surface area (Å²) in [5.74, 6) is 0.406. The quantitative estimate of drug-likeness (QED) is 0.217. The summed E-state index contributed by atoms with van der Waals surface area (Å²) in [5, 5.41) is 11.4. The van der Waals surface area contributed by atoms with E-state index in [0.717, 1.165) is 19.3 Å². The molecule has 0 heterocycles. The zero-order chi connectivity index (χ0) is 11.8. The SMILES string of the molecule is CNC(N)C1C=CC(OCCCNO)CC1. The number of nitrogens with one attached hydrogen (secondary N) is 2. The maximum absolute atomic E-state index is 8.39. The highest BCUT2D eigenvalue weighted by Crippen LogP contribution is 2.20. The van der Waals surface area contributed by atoms with E-state index >= 15 is 0 Å². The molecular weight excluding hydrogens is 206 g/mol. The Balaban J connectivity index is 2.18. The molecule has 0 saturated heterocycles. The van der Waals surface area contributed by atoms with E-state index in [-0.39, 0.29) is 12.3 Å². The van der Waals surface area contributed by atoms with Crippen molar-refractivity contribution in [2.24, 2.45) is 11.7 Å². The summed E-state index contributed by atoms with van der Waals surface area (Å²) in [6.45, 7) is 1.25. The van der Waals surface area contributed by atoms with E-state index in [4.69, 9.17) is 15.7 Å². The van der Waals surface area contributed by atoms with Crippen molar-refractivity contribution in [1.82, 2.24) is 10.8 Å². The van der Waals surface area contributed by atoms with Crippen LogP contribution in [0.3, 0.4) is 0 Å². The maximum atomic E-state index is 8.39. The van der Waals surface area contributed by atoms with Crippen LogP contribution in [0.4, 0.5) is 0 Å². The van der Waals surface area contributed by atoms with Crippen LogP contribution in [0.25, 0.3) is 0 Å². The molecule has 0 aromatic heterocycles. The van der Waals surface area contributed by atoms with Gasteiger partial charge in [-0.1, -0.05) is 12.2 Å². The molecule has 0 spiro atoms. The van der Waals surface area contributed by atoms with Gasteiger partial charge in [-0.2, -0.15) is 0 Å². The van der Waals surface area contributed by atoms with Crippen LogP contribution in [0.5, 0.6) is 0 Å². The minimum absolute atomic E-state index is 0.0378. The second-order valence-electron chi connectivity index (χ2n) is 4.11. The Bertz CT molecular complexity index is 211. The molecule has 16 heavy (non-hydrogen) atoms. The molecule has 1 rings (SSSR count). The van der Waals surface area contributed by atoms with Crippen LogP contribution in [-0.4, -0.2) is 37.7 Å². The van der Waals surface area contributed by atoms with Crippen LogP contribution in [0.2, 0.25) is 0 Å². The van der Waals surface area contributed by atoms with Gasteiger partial charge < -0.3 is 21.0 Å². The van der Waals surface area contributed by atoms with Gasteiger partial charge in [-0.25, -0.2) is 5.48 Å². The normalized spacial score (nSPS) is 26.9. The molecule has 0 aliphatic heterocycles. The van der Waals surface area contributed by atoms with Crippen molar-refractivity contribution in [2.75, 3.05) is 20.2 Å². The topological polar surface area (TPSA) is 79.5 Å². The third-order valence-electron chi connectivity index (χ3n) is 2.92. The van der Waals surface area contributed by atoms with Crippen LogP contribution in [0.15, 0.2) is 12.2 Å². The first-order valence-corrected chi connectivity index (χ1v) is 5.87. The predicted octanol–water partition coefficient (Wildman–Crippen LogP) is 0.211. The van der Waals surface area contributed by atoms with Gasteiger partial charge in [0.1, 0.15) is 0 Å². The van der Waals surface area contributed by atoms with Gasteiger partial charge in [-0.15, -0.1) is 0 Å². The number of ether oxygens (including phenoxy) is 1. The van der Waals surface area contributed by atoms with Crippen LogP contribution < -0.4 is 16.5 Å². The highest BCUT2D eigenvalue weighted by atomic mass is 16.5. The van der Waals surface area contributed by atoms with E-state index in [9.17, 15) is 0 Å². The fourth-order valence-electron chi connectivity index (χ4n) is 1.85. The summed E-state index contributed by atoms with van der Waals surface area (Å²) in [4.78, 5) is 0. The van der Waals surface area contributed by atoms with Crippen LogP contribution in [0, 0.1) is 5.92 Å². The fourth-order valence-corrected chi connectivity index (χ4v) is 1.85. The smallest absolute Gasteiger partial charge is 0.0756 e. The summed E-state index contributed by atoms with van der Waals surface area (Å²) in [6.07, 6.45) is 7.37. The van der Waals surface area contributed by atoms with Gasteiger partial charge in [0.25, 0.3) is 0 Å². The first kappa shape index (κ1) is 13.6. The average molecular weight is 229 g/mol. The van der Waals surface area contributed by atoms with E-state index in [2.05, 4.69) is 22.9 Å². The summed E-state index contributed by atoms with van der Waals surface area (Å²) < 4.78 is 5.65. The monoisotopic (exact) mass is 229 g/mol. The minimum atomic E-state index is 0.0378. The van der Waals surface area contributed by atoms with Crippen molar-refractivity contribution >= 4 is 0 Å². The molecule has 0 fully saturated rings. The first-order chi connectivity index (χ1) is 7.77. The minimum Gasteiger partial charge on any atom is -0.374 e. The Labute approximate surface area is 97.0 Å². The molecular formula is C11H23N3O2. The lowest BCUT2D eigenvalue weighted by Crippen LogP contribution is -2.42. The standard InChI is InChI=1S/C11H23N3O2/c1-13-11(12)9-3-5-10(6-4-9)16-8-2-7-14-15/h3,5,9-11,13-15H,2,4,6-8,12H2,1H3. The molecule has 3 atom stereocenters. The zero-order valence-corrected chi connectivity index (χ0v) is 9.86. The highest BCUT2D eigenvalue weighted by molar-refractivity contribution is 5.01. The molecule has 0 radical (unpaired) electrons. The van der Waals surface area contributed by atoms with E-state index in [1.807, 2.05) is 7.05 Å².